The van der Waals surface area contributed by atoms with Gasteiger partial charge in [0.25, 0.3) is 0 Å². The van der Waals surface area contributed by atoms with Crippen molar-refractivity contribution in [2.75, 3.05) is 23.3 Å². The van der Waals surface area contributed by atoms with E-state index in [2.05, 4.69) is 63.5 Å². The van der Waals surface area contributed by atoms with Crippen molar-refractivity contribution in [1.82, 2.24) is 15.2 Å². The quantitative estimate of drug-likeness (QED) is 0.940. The van der Waals surface area contributed by atoms with E-state index in [1.54, 1.807) is 6.20 Å². The first kappa shape index (κ1) is 14.8. The van der Waals surface area contributed by atoms with Gasteiger partial charge in [0.05, 0.1) is 6.20 Å². The van der Waals surface area contributed by atoms with E-state index >= 15 is 0 Å². The molecular formula is C17H23N5. The second-order valence-electron chi connectivity index (χ2n) is 6.15. The second-order valence-corrected chi connectivity index (χ2v) is 6.15. The second kappa shape index (κ2) is 6.73. The van der Waals surface area contributed by atoms with Crippen LogP contribution in [0.15, 0.2) is 30.5 Å². The number of nitrogens with one attached hydrogen (secondary N) is 1. The van der Waals surface area contributed by atoms with Crippen LogP contribution in [0.1, 0.15) is 30.9 Å². The summed E-state index contributed by atoms with van der Waals surface area (Å²) in [4.78, 5) is 6.89. The highest BCUT2D eigenvalue weighted by Crippen LogP contribution is 2.21. The molecule has 0 aliphatic carbocycles. The van der Waals surface area contributed by atoms with Crippen molar-refractivity contribution < 1.29 is 0 Å². The van der Waals surface area contributed by atoms with Gasteiger partial charge in [-0.15, -0.1) is 5.10 Å². The smallest absolute Gasteiger partial charge is 0.244 e. The molecule has 2 heterocycles. The zero-order valence-corrected chi connectivity index (χ0v) is 13.3. The largest absolute Gasteiger partial charge is 0.355 e. The molecule has 1 aromatic heterocycles. The van der Waals surface area contributed by atoms with E-state index in [9.17, 15) is 0 Å². The first-order valence-electron chi connectivity index (χ1n) is 7.95. The molecule has 0 saturated carbocycles. The van der Waals surface area contributed by atoms with Crippen LogP contribution in [0.25, 0.3) is 0 Å². The van der Waals surface area contributed by atoms with Crippen molar-refractivity contribution in [1.29, 1.82) is 0 Å². The summed E-state index contributed by atoms with van der Waals surface area (Å²) < 4.78 is 0. The lowest BCUT2D eigenvalue weighted by molar-refractivity contribution is 0.436. The molecule has 5 nitrogen and oxygen atoms in total. The number of aryl methyl sites for hydroxylation is 1. The topological polar surface area (TPSA) is 53.9 Å². The van der Waals surface area contributed by atoms with Gasteiger partial charge in [0.2, 0.25) is 5.95 Å². The fraction of sp³-hybridized carbons (Fsp3) is 0.471. The van der Waals surface area contributed by atoms with Crippen molar-refractivity contribution in [2.45, 2.75) is 33.2 Å². The van der Waals surface area contributed by atoms with Crippen molar-refractivity contribution in [2.24, 2.45) is 5.92 Å². The average molecular weight is 297 g/mol. The minimum atomic E-state index is 0.594. The average Bonchev–Trinajstić information content (AvgIpc) is 2.55. The first-order valence-corrected chi connectivity index (χ1v) is 7.95. The standard InChI is InChI=1S/C17H23N5/c1-13-3-5-15(6-4-13)11-18-17-20-16(12-19-21-17)22-9-7-14(2)8-10-22/h3-6,12,14H,7-11H2,1-2H3,(H,18,20,21). The van der Waals surface area contributed by atoms with E-state index in [0.29, 0.717) is 12.5 Å². The minimum Gasteiger partial charge on any atom is -0.355 e. The minimum absolute atomic E-state index is 0.594. The molecule has 0 radical (unpaired) electrons. The fourth-order valence-electron chi connectivity index (χ4n) is 2.65. The molecule has 2 aromatic rings. The monoisotopic (exact) mass is 297 g/mol. The zero-order valence-electron chi connectivity index (χ0n) is 13.3. The molecule has 1 aliphatic rings. The van der Waals surface area contributed by atoms with Crippen LogP contribution in [-0.4, -0.2) is 28.3 Å². The van der Waals surface area contributed by atoms with Gasteiger partial charge in [0.1, 0.15) is 0 Å². The van der Waals surface area contributed by atoms with Crippen LogP contribution < -0.4 is 10.2 Å². The Hall–Kier alpha value is -2.17. The molecule has 0 spiro atoms. The van der Waals surface area contributed by atoms with Gasteiger partial charge in [-0.05, 0) is 31.2 Å². The first-order chi connectivity index (χ1) is 10.7. The van der Waals surface area contributed by atoms with Gasteiger partial charge >= 0.3 is 0 Å². The molecule has 5 heteroatoms. The van der Waals surface area contributed by atoms with Gasteiger partial charge < -0.3 is 10.2 Å². The zero-order chi connectivity index (χ0) is 15.4. The normalized spacial score (nSPS) is 15.8. The SMILES string of the molecule is Cc1ccc(CNc2nncc(N3CCC(C)CC3)n2)cc1. The summed E-state index contributed by atoms with van der Waals surface area (Å²) in [6, 6.07) is 8.46. The summed E-state index contributed by atoms with van der Waals surface area (Å²) in [5.74, 6) is 2.33. The Balaban J connectivity index is 1.62. The predicted molar refractivity (Wildman–Crippen MR) is 88.9 cm³/mol. The number of rotatable bonds is 4. The lowest BCUT2D eigenvalue weighted by atomic mass is 9.99. The molecule has 0 unspecified atom stereocenters. The summed E-state index contributed by atoms with van der Waals surface area (Å²) >= 11 is 0. The maximum absolute atomic E-state index is 4.60. The lowest BCUT2D eigenvalue weighted by Gasteiger charge is -2.30. The van der Waals surface area contributed by atoms with Crippen LogP contribution in [0.5, 0.6) is 0 Å². The molecule has 1 fully saturated rings. The van der Waals surface area contributed by atoms with Crippen molar-refractivity contribution in [3.8, 4) is 0 Å². The maximum atomic E-state index is 4.60. The molecule has 116 valence electrons. The van der Waals surface area contributed by atoms with E-state index in [0.717, 1.165) is 24.8 Å². The molecule has 0 atom stereocenters. The Labute approximate surface area is 131 Å². The van der Waals surface area contributed by atoms with E-state index in [1.165, 1.54) is 24.0 Å². The predicted octanol–water partition coefficient (Wildman–Crippen LogP) is 3.03. The summed E-state index contributed by atoms with van der Waals surface area (Å²) in [5, 5.41) is 11.4. The number of anilines is 2. The molecule has 3 rings (SSSR count). The molecule has 0 bridgehead atoms. The summed E-state index contributed by atoms with van der Waals surface area (Å²) in [6.07, 6.45) is 4.19. The van der Waals surface area contributed by atoms with Crippen LogP contribution in [0.4, 0.5) is 11.8 Å². The number of nitrogens with zero attached hydrogens (tertiary/aromatic N) is 4. The van der Waals surface area contributed by atoms with Crippen LogP contribution in [0.2, 0.25) is 0 Å². The Morgan fingerprint density at radius 2 is 1.91 bits per heavy atom. The Bertz CT molecular complexity index is 603. The van der Waals surface area contributed by atoms with Crippen LogP contribution >= 0.6 is 0 Å². The summed E-state index contributed by atoms with van der Waals surface area (Å²) in [7, 11) is 0. The molecule has 1 N–H and O–H groups in total. The third-order valence-corrected chi connectivity index (χ3v) is 4.22. The number of hydrogen-bond acceptors (Lipinski definition) is 5. The summed E-state index contributed by atoms with van der Waals surface area (Å²) in [6.45, 7) is 7.22. The van der Waals surface area contributed by atoms with Gasteiger partial charge in [-0.1, -0.05) is 36.8 Å². The molecule has 1 aromatic carbocycles. The van der Waals surface area contributed by atoms with E-state index in [1.807, 2.05) is 0 Å². The van der Waals surface area contributed by atoms with Crippen molar-refractivity contribution >= 4 is 11.8 Å². The maximum Gasteiger partial charge on any atom is 0.244 e. The van der Waals surface area contributed by atoms with Crippen LogP contribution in [0, 0.1) is 12.8 Å². The fourth-order valence-corrected chi connectivity index (χ4v) is 2.65. The van der Waals surface area contributed by atoms with E-state index < -0.39 is 0 Å². The molecule has 0 amide bonds. The van der Waals surface area contributed by atoms with Gasteiger partial charge in [0, 0.05) is 19.6 Å². The lowest BCUT2D eigenvalue weighted by Crippen LogP contribution is -2.33. The molecular weight excluding hydrogens is 274 g/mol. The molecule has 1 aliphatic heterocycles. The number of aromatic nitrogens is 3. The van der Waals surface area contributed by atoms with Crippen LogP contribution in [-0.2, 0) is 6.54 Å². The third kappa shape index (κ3) is 3.72. The highest BCUT2D eigenvalue weighted by atomic mass is 15.3. The Morgan fingerprint density at radius 1 is 1.18 bits per heavy atom. The van der Waals surface area contributed by atoms with Gasteiger partial charge in [0.15, 0.2) is 5.82 Å². The van der Waals surface area contributed by atoms with Crippen LogP contribution in [0.3, 0.4) is 0 Å². The van der Waals surface area contributed by atoms with Gasteiger partial charge in [-0.25, -0.2) is 0 Å². The molecule has 1 saturated heterocycles. The number of benzene rings is 1. The number of piperidine rings is 1. The third-order valence-electron chi connectivity index (χ3n) is 4.22. The van der Waals surface area contributed by atoms with E-state index in [4.69, 9.17) is 0 Å². The van der Waals surface area contributed by atoms with Crippen molar-refractivity contribution in [3.05, 3.63) is 41.6 Å². The Kier molecular flexibility index (Phi) is 4.51. The van der Waals surface area contributed by atoms with Gasteiger partial charge in [-0.2, -0.15) is 10.1 Å². The van der Waals surface area contributed by atoms with Gasteiger partial charge in [-0.3, -0.25) is 0 Å². The highest BCUT2D eigenvalue weighted by Gasteiger charge is 2.17. The van der Waals surface area contributed by atoms with Crippen molar-refractivity contribution in [3.63, 3.8) is 0 Å². The number of hydrogen-bond donors (Lipinski definition) is 1. The Morgan fingerprint density at radius 3 is 2.64 bits per heavy atom. The van der Waals surface area contributed by atoms with E-state index in [-0.39, 0.29) is 0 Å². The molecule has 22 heavy (non-hydrogen) atoms. The summed E-state index contributed by atoms with van der Waals surface area (Å²) in [5.41, 5.74) is 2.48. The highest BCUT2D eigenvalue weighted by molar-refractivity contribution is 5.41.